The lowest BCUT2D eigenvalue weighted by molar-refractivity contribution is -0.170. The summed E-state index contributed by atoms with van der Waals surface area (Å²) in [6.07, 6.45) is 2.52. The Balaban J connectivity index is 1.54. The summed E-state index contributed by atoms with van der Waals surface area (Å²) in [6.45, 7) is 3.25. The molecule has 1 atom stereocenters. The lowest BCUT2D eigenvalue weighted by Crippen LogP contribution is -2.60. The molecule has 0 saturated carbocycles. The zero-order valence-corrected chi connectivity index (χ0v) is 17.5. The number of likely N-dealkylation sites (tertiary alicyclic amines) is 2. The number of H-pyrrole nitrogens is 1. The molecule has 1 amide bonds. The van der Waals surface area contributed by atoms with Crippen LogP contribution >= 0.6 is 0 Å². The fourth-order valence-corrected chi connectivity index (χ4v) is 4.91. The molecule has 1 aromatic heterocycles. The maximum Gasteiger partial charge on any atom is 0.261 e. The molecule has 6 nitrogen and oxygen atoms in total. The number of rotatable bonds is 5. The van der Waals surface area contributed by atoms with Crippen LogP contribution in [0.15, 0.2) is 30.5 Å². The zero-order chi connectivity index (χ0) is 21.4. The normalized spacial score (nSPS) is 24.4. The van der Waals surface area contributed by atoms with E-state index in [1.54, 1.807) is 23.1 Å². The third kappa shape index (κ3) is 4.19. The molecular formula is C22H28F2N4O2. The van der Waals surface area contributed by atoms with Crippen LogP contribution in [0.4, 0.5) is 8.78 Å². The summed E-state index contributed by atoms with van der Waals surface area (Å²) in [5.74, 6) is -2.34. The van der Waals surface area contributed by atoms with Crippen molar-refractivity contribution in [1.82, 2.24) is 20.0 Å². The molecular weight excluding hydrogens is 390 g/mol. The van der Waals surface area contributed by atoms with Gasteiger partial charge in [-0.3, -0.25) is 14.8 Å². The molecule has 162 valence electrons. The van der Waals surface area contributed by atoms with Crippen LogP contribution in [0.5, 0.6) is 5.75 Å². The van der Waals surface area contributed by atoms with Gasteiger partial charge >= 0.3 is 0 Å². The molecule has 1 aromatic carbocycles. The van der Waals surface area contributed by atoms with Crippen molar-refractivity contribution < 1.29 is 18.3 Å². The first-order chi connectivity index (χ1) is 14.3. The van der Waals surface area contributed by atoms with Gasteiger partial charge in [0.15, 0.2) is 0 Å². The van der Waals surface area contributed by atoms with Gasteiger partial charge in [0.05, 0.1) is 25.3 Å². The first kappa shape index (κ1) is 20.8. The summed E-state index contributed by atoms with van der Waals surface area (Å²) in [7, 11) is 1.60. The van der Waals surface area contributed by atoms with Gasteiger partial charge in [-0.15, -0.1) is 0 Å². The van der Waals surface area contributed by atoms with Crippen LogP contribution in [0.1, 0.15) is 36.1 Å². The molecule has 2 aromatic rings. The number of amides is 1. The van der Waals surface area contributed by atoms with Gasteiger partial charge in [-0.25, -0.2) is 8.78 Å². The number of carbonyl (C=O) groups excluding carboxylic acids is 1. The predicted molar refractivity (Wildman–Crippen MR) is 108 cm³/mol. The van der Waals surface area contributed by atoms with E-state index in [0.29, 0.717) is 32.6 Å². The summed E-state index contributed by atoms with van der Waals surface area (Å²) in [6, 6.07) is 7.54. The second-order valence-electron chi connectivity index (χ2n) is 8.66. The Labute approximate surface area is 175 Å². The minimum atomic E-state index is -2.90. The van der Waals surface area contributed by atoms with Crippen molar-refractivity contribution in [2.75, 3.05) is 26.7 Å². The summed E-state index contributed by atoms with van der Waals surface area (Å²) >= 11 is 0. The van der Waals surface area contributed by atoms with E-state index in [2.05, 4.69) is 10.2 Å². The molecule has 8 heteroatoms. The smallest absolute Gasteiger partial charge is 0.261 e. The lowest BCUT2D eigenvalue weighted by atomic mass is 9.71. The molecule has 2 fully saturated rings. The molecule has 0 radical (unpaired) electrons. The van der Waals surface area contributed by atoms with Gasteiger partial charge in [0.2, 0.25) is 5.91 Å². The molecule has 0 unspecified atom stereocenters. The van der Waals surface area contributed by atoms with E-state index in [9.17, 15) is 13.6 Å². The van der Waals surface area contributed by atoms with Crippen LogP contribution in [-0.2, 0) is 17.9 Å². The maximum absolute atomic E-state index is 14.8. The first-order valence-electron chi connectivity index (χ1n) is 10.3. The van der Waals surface area contributed by atoms with Crippen molar-refractivity contribution in [3.8, 4) is 5.75 Å². The molecule has 2 aliphatic rings. The van der Waals surface area contributed by atoms with Crippen molar-refractivity contribution in [3.63, 3.8) is 0 Å². The Hall–Kier alpha value is -2.48. The van der Waals surface area contributed by atoms with Crippen LogP contribution in [0, 0.1) is 12.3 Å². The number of aryl methyl sites for hydroxylation is 1. The van der Waals surface area contributed by atoms with Gasteiger partial charge in [-0.1, -0.05) is 12.1 Å². The molecule has 1 N–H and O–H groups in total. The number of piperidine rings is 2. The lowest BCUT2D eigenvalue weighted by Gasteiger charge is -2.49. The van der Waals surface area contributed by atoms with Gasteiger partial charge in [-0.05, 0) is 37.5 Å². The number of hydrogen-bond acceptors (Lipinski definition) is 4. The SMILES string of the molecule is COc1cccc(CN2CCC[C@@]3(CN(Cc4cn[nH]c4C)CC(F)(F)C3)C2=O)c1. The number of benzene rings is 1. The number of carbonyl (C=O) groups is 1. The highest BCUT2D eigenvalue weighted by Gasteiger charge is 2.55. The molecule has 0 aliphatic carbocycles. The van der Waals surface area contributed by atoms with Gasteiger partial charge in [0.25, 0.3) is 5.92 Å². The van der Waals surface area contributed by atoms with E-state index >= 15 is 0 Å². The van der Waals surface area contributed by atoms with Crippen LogP contribution in [0.3, 0.4) is 0 Å². The third-order valence-corrected chi connectivity index (χ3v) is 6.24. The number of alkyl halides is 2. The van der Waals surface area contributed by atoms with Crippen LogP contribution in [-0.4, -0.2) is 58.6 Å². The van der Waals surface area contributed by atoms with Gasteiger partial charge in [-0.2, -0.15) is 5.10 Å². The molecule has 0 bridgehead atoms. The average molecular weight is 418 g/mol. The number of nitrogens with one attached hydrogen (secondary N) is 1. The molecule has 4 rings (SSSR count). The van der Waals surface area contributed by atoms with E-state index in [-0.39, 0.29) is 18.9 Å². The number of hydrogen-bond donors (Lipinski definition) is 1. The minimum Gasteiger partial charge on any atom is -0.497 e. The highest BCUT2D eigenvalue weighted by molar-refractivity contribution is 5.84. The highest BCUT2D eigenvalue weighted by atomic mass is 19.3. The number of aromatic amines is 1. The number of aromatic nitrogens is 2. The summed E-state index contributed by atoms with van der Waals surface area (Å²) in [5, 5.41) is 6.84. The fraction of sp³-hybridized carbons (Fsp3) is 0.545. The monoisotopic (exact) mass is 418 g/mol. The molecule has 1 spiro atoms. The Morgan fingerprint density at radius 3 is 2.83 bits per heavy atom. The predicted octanol–water partition coefficient (Wildman–Crippen LogP) is 3.38. The Morgan fingerprint density at radius 2 is 2.10 bits per heavy atom. The fourth-order valence-electron chi connectivity index (χ4n) is 4.91. The number of halogens is 2. The van der Waals surface area contributed by atoms with E-state index in [1.165, 1.54) is 0 Å². The van der Waals surface area contributed by atoms with Crippen molar-refractivity contribution >= 4 is 5.91 Å². The summed E-state index contributed by atoms with van der Waals surface area (Å²) in [4.78, 5) is 16.9. The van der Waals surface area contributed by atoms with E-state index < -0.39 is 11.3 Å². The maximum atomic E-state index is 14.8. The second-order valence-corrected chi connectivity index (χ2v) is 8.66. The standard InChI is InChI=1S/C22H28F2N4O2/c1-16-18(10-25-26-16)12-27-14-21(13-22(23,24)15-27)7-4-8-28(20(21)29)11-17-5-3-6-19(9-17)30-2/h3,5-6,9-10H,4,7-8,11-15H2,1-2H3,(H,25,26)/t21-/m1/s1. The number of methoxy groups -OCH3 is 1. The van der Waals surface area contributed by atoms with Gasteiger partial charge < -0.3 is 9.64 Å². The number of nitrogens with zero attached hydrogens (tertiary/aromatic N) is 3. The molecule has 3 heterocycles. The Bertz CT molecular complexity index is 916. The molecule has 2 aliphatic heterocycles. The van der Waals surface area contributed by atoms with Crippen LogP contribution in [0.2, 0.25) is 0 Å². The first-order valence-corrected chi connectivity index (χ1v) is 10.3. The van der Waals surface area contributed by atoms with Crippen LogP contribution in [0.25, 0.3) is 0 Å². The van der Waals surface area contributed by atoms with E-state index in [4.69, 9.17) is 4.74 Å². The Morgan fingerprint density at radius 1 is 1.27 bits per heavy atom. The third-order valence-electron chi connectivity index (χ3n) is 6.24. The topological polar surface area (TPSA) is 61.5 Å². The Kier molecular flexibility index (Phi) is 5.53. The van der Waals surface area contributed by atoms with Crippen molar-refractivity contribution in [2.24, 2.45) is 5.41 Å². The van der Waals surface area contributed by atoms with Crippen molar-refractivity contribution in [3.05, 3.63) is 47.3 Å². The average Bonchev–Trinajstić information content (AvgIpc) is 3.09. The van der Waals surface area contributed by atoms with Gasteiger partial charge in [0.1, 0.15) is 5.75 Å². The van der Waals surface area contributed by atoms with E-state index in [0.717, 1.165) is 29.0 Å². The quantitative estimate of drug-likeness (QED) is 0.809. The molecule has 2 saturated heterocycles. The summed E-state index contributed by atoms with van der Waals surface area (Å²) < 4.78 is 34.8. The second kappa shape index (κ2) is 7.98. The molecule has 30 heavy (non-hydrogen) atoms. The van der Waals surface area contributed by atoms with Gasteiger partial charge in [0, 0.05) is 43.9 Å². The van der Waals surface area contributed by atoms with Crippen molar-refractivity contribution in [2.45, 2.75) is 45.2 Å². The minimum absolute atomic E-state index is 0.162. The van der Waals surface area contributed by atoms with E-state index in [1.807, 2.05) is 31.2 Å². The van der Waals surface area contributed by atoms with Crippen molar-refractivity contribution in [1.29, 1.82) is 0 Å². The zero-order valence-electron chi connectivity index (χ0n) is 17.5. The largest absolute Gasteiger partial charge is 0.497 e. The summed E-state index contributed by atoms with van der Waals surface area (Å²) in [5.41, 5.74) is 1.65. The van der Waals surface area contributed by atoms with Crippen LogP contribution < -0.4 is 4.74 Å². The number of ether oxygens (including phenoxy) is 1. The highest BCUT2D eigenvalue weighted by Crippen LogP contribution is 2.45.